The van der Waals surface area contributed by atoms with Gasteiger partial charge in [0.2, 0.25) is 0 Å². The summed E-state index contributed by atoms with van der Waals surface area (Å²) in [4.78, 5) is 13.7. The van der Waals surface area contributed by atoms with Gasteiger partial charge in [0.1, 0.15) is 18.1 Å². The molecule has 1 aliphatic heterocycles. The van der Waals surface area contributed by atoms with Crippen LogP contribution in [0, 0.1) is 0 Å². The number of nitrogens with two attached hydrogens (primary N) is 1. The summed E-state index contributed by atoms with van der Waals surface area (Å²) in [6.45, 7) is 6.90. The van der Waals surface area contributed by atoms with Gasteiger partial charge in [0.15, 0.2) is 0 Å². The highest BCUT2D eigenvalue weighted by atomic mass is 16.5. The number of ether oxygens (including phenoxy) is 1. The summed E-state index contributed by atoms with van der Waals surface area (Å²) in [7, 11) is 0. The van der Waals surface area contributed by atoms with Crippen molar-refractivity contribution in [3.05, 3.63) is 23.3 Å². The third-order valence-electron chi connectivity index (χ3n) is 3.76. The van der Waals surface area contributed by atoms with Crippen LogP contribution < -0.4 is 10.5 Å². The van der Waals surface area contributed by atoms with Crippen molar-refractivity contribution < 1.29 is 14.6 Å². The fourth-order valence-corrected chi connectivity index (χ4v) is 2.72. The average molecular weight is 278 g/mol. The second-order valence-electron chi connectivity index (χ2n) is 5.14. The zero-order chi connectivity index (χ0) is 14.7. The van der Waals surface area contributed by atoms with Crippen LogP contribution in [0.5, 0.6) is 11.5 Å². The fourth-order valence-electron chi connectivity index (χ4n) is 2.72. The van der Waals surface area contributed by atoms with Crippen LogP contribution in [0.1, 0.15) is 36.2 Å². The molecule has 0 bridgehead atoms. The second-order valence-corrected chi connectivity index (χ2v) is 5.14. The highest BCUT2D eigenvalue weighted by Crippen LogP contribution is 2.32. The predicted molar refractivity (Wildman–Crippen MR) is 77.1 cm³/mol. The van der Waals surface area contributed by atoms with Gasteiger partial charge in [-0.1, -0.05) is 13.8 Å². The Labute approximate surface area is 119 Å². The number of likely N-dealkylation sites (N-methyl/N-ethyl adjacent to an activating group) is 1. The van der Waals surface area contributed by atoms with Crippen LogP contribution in [0.25, 0.3) is 0 Å². The lowest BCUT2D eigenvalue weighted by molar-refractivity contribution is 0.0996. The molecule has 1 aromatic carbocycles. The summed E-state index contributed by atoms with van der Waals surface area (Å²) in [6, 6.07) is 3.44. The van der Waals surface area contributed by atoms with Crippen molar-refractivity contribution in [2.75, 3.05) is 19.7 Å². The molecule has 1 aliphatic rings. The first-order valence-electron chi connectivity index (χ1n) is 7.09. The van der Waals surface area contributed by atoms with Crippen molar-refractivity contribution >= 4 is 5.91 Å². The molecule has 0 aliphatic carbocycles. The summed E-state index contributed by atoms with van der Waals surface area (Å²) in [5.74, 6) is -0.0831. The molecule has 0 unspecified atom stereocenters. The predicted octanol–water partition coefficient (Wildman–Crippen LogP) is 1.53. The number of carbonyl (C=O) groups excluding carboxylic acids is 1. The molecule has 110 valence electrons. The Morgan fingerprint density at radius 1 is 1.50 bits per heavy atom. The van der Waals surface area contributed by atoms with Crippen LogP contribution in [0.2, 0.25) is 0 Å². The fraction of sp³-hybridized carbons (Fsp3) is 0.533. The van der Waals surface area contributed by atoms with Crippen LogP contribution in [0.15, 0.2) is 12.1 Å². The van der Waals surface area contributed by atoms with Crippen LogP contribution in [0.3, 0.4) is 0 Å². The molecule has 3 N–H and O–H groups in total. The number of rotatable bonds is 5. The molecule has 0 saturated heterocycles. The highest BCUT2D eigenvalue weighted by Gasteiger charge is 2.26. The molecular weight excluding hydrogens is 256 g/mol. The Hall–Kier alpha value is -1.75. The molecule has 0 spiro atoms. The number of benzene rings is 1. The molecule has 20 heavy (non-hydrogen) atoms. The van der Waals surface area contributed by atoms with Crippen LogP contribution in [0.4, 0.5) is 0 Å². The van der Waals surface area contributed by atoms with Gasteiger partial charge in [-0.15, -0.1) is 0 Å². The minimum atomic E-state index is -0.617. The summed E-state index contributed by atoms with van der Waals surface area (Å²) >= 11 is 0. The van der Waals surface area contributed by atoms with E-state index in [1.165, 1.54) is 6.07 Å². The maximum atomic E-state index is 11.3. The van der Waals surface area contributed by atoms with Gasteiger partial charge in [-0.25, -0.2) is 0 Å². The number of aromatic hydroxyl groups is 1. The van der Waals surface area contributed by atoms with Gasteiger partial charge in [-0.3, -0.25) is 9.69 Å². The molecule has 1 aromatic rings. The quantitative estimate of drug-likeness (QED) is 0.856. The van der Waals surface area contributed by atoms with Crippen molar-refractivity contribution in [1.29, 1.82) is 0 Å². The zero-order valence-electron chi connectivity index (χ0n) is 12.1. The lowest BCUT2D eigenvalue weighted by atomic mass is 9.98. The molecule has 1 heterocycles. The Morgan fingerprint density at radius 2 is 2.25 bits per heavy atom. The molecule has 0 fully saturated rings. The molecule has 5 heteroatoms. The first-order valence-corrected chi connectivity index (χ1v) is 7.09. The van der Waals surface area contributed by atoms with Crippen molar-refractivity contribution in [1.82, 2.24) is 4.90 Å². The first kappa shape index (κ1) is 14.7. The smallest absolute Gasteiger partial charge is 0.252 e. The molecular formula is C15H22N2O3. The maximum Gasteiger partial charge on any atom is 0.252 e. The minimum Gasteiger partial charge on any atom is -0.507 e. The molecule has 0 radical (unpaired) electrons. The van der Waals surface area contributed by atoms with Crippen LogP contribution >= 0.6 is 0 Å². The number of nitrogens with zero attached hydrogens (tertiary/aromatic N) is 1. The third kappa shape index (κ3) is 2.88. The van der Waals surface area contributed by atoms with E-state index in [1.807, 2.05) is 0 Å². The van der Waals surface area contributed by atoms with E-state index >= 15 is 0 Å². The number of hydrogen-bond donors (Lipinski definition) is 2. The van der Waals surface area contributed by atoms with Gasteiger partial charge in [0.25, 0.3) is 5.91 Å². The lowest BCUT2D eigenvalue weighted by Gasteiger charge is -2.34. The highest BCUT2D eigenvalue weighted by molar-refractivity contribution is 5.96. The van der Waals surface area contributed by atoms with Gasteiger partial charge < -0.3 is 15.6 Å². The minimum absolute atomic E-state index is 0.115. The van der Waals surface area contributed by atoms with E-state index in [9.17, 15) is 9.90 Å². The molecule has 2 rings (SSSR count). The van der Waals surface area contributed by atoms with Crippen LogP contribution in [-0.2, 0) is 6.42 Å². The first-order chi connectivity index (χ1) is 9.56. The Balaban J connectivity index is 2.24. The number of primary amides is 1. The van der Waals surface area contributed by atoms with Crippen molar-refractivity contribution in [3.63, 3.8) is 0 Å². The van der Waals surface area contributed by atoms with Gasteiger partial charge in [0, 0.05) is 12.1 Å². The SMILES string of the molecule is CCCN(CC)[C@@H]1COc2cc(O)c(C(N)=O)cc2C1. The average Bonchev–Trinajstić information content (AvgIpc) is 2.43. The largest absolute Gasteiger partial charge is 0.507 e. The van der Waals surface area contributed by atoms with E-state index in [4.69, 9.17) is 10.5 Å². The van der Waals surface area contributed by atoms with E-state index in [-0.39, 0.29) is 11.3 Å². The number of phenols is 1. The topological polar surface area (TPSA) is 75.8 Å². The van der Waals surface area contributed by atoms with E-state index < -0.39 is 5.91 Å². The zero-order valence-corrected chi connectivity index (χ0v) is 12.1. The monoisotopic (exact) mass is 278 g/mol. The molecule has 5 nitrogen and oxygen atoms in total. The summed E-state index contributed by atoms with van der Waals surface area (Å²) in [5, 5.41) is 9.75. The number of amides is 1. The summed E-state index contributed by atoms with van der Waals surface area (Å²) in [5.41, 5.74) is 6.36. The Kier molecular flexibility index (Phi) is 4.49. The van der Waals surface area contributed by atoms with E-state index in [0.717, 1.165) is 31.5 Å². The standard InChI is InChI=1S/C15H22N2O3/c1-3-5-17(4-2)11-6-10-7-12(15(16)19)13(18)8-14(10)20-9-11/h7-8,11,18H,3-6,9H2,1-2H3,(H2,16,19)/t11-/m0/s1. The number of hydrogen-bond acceptors (Lipinski definition) is 4. The van der Waals surface area contributed by atoms with Crippen LogP contribution in [-0.4, -0.2) is 41.7 Å². The molecule has 1 amide bonds. The van der Waals surface area contributed by atoms with Gasteiger partial charge in [-0.05, 0) is 37.6 Å². The lowest BCUT2D eigenvalue weighted by Crippen LogP contribution is -2.43. The summed E-state index contributed by atoms with van der Waals surface area (Å²) in [6.07, 6.45) is 1.91. The number of fused-ring (bicyclic) bond motifs is 1. The van der Waals surface area contributed by atoms with Crippen molar-refractivity contribution in [3.8, 4) is 11.5 Å². The van der Waals surface area contributed by atoms with Crippen molar-refractivity contribution in [2.45, 2.75) is 32.7 Å². The molecule has 0 aromatic heterocycles. The third-order valence-corrected chi connectivity index (χ3v) is 3.76. The van der Waals surface area contributed by atoms with Crippen molar-refractivity contribution in [2.24, 2.45) is 5.73 Å². The number of carbonyl (C=O) groups is 1. The Bertz CT molecular complexity index is 502. The Morgan fingerprint density at radius 3 is 2.85 bits per heavy atom. The van der Waals surface area contributed by atoms with E-state index in [0.29, 0.717) is 18.4 Å². The van der Waals surface area contributed by atoms with Gasteiger partial charge >= 0.3 is 0 Å². The second kappa shape index (κ2) is 6.13. The normalized spacial score (nSPS) is 17.6. The van der Waals surface area contributed by atoms with E-state index in [2.05, 4.69) is 18.7 Å². The van der Waals surface area contributed by atoms with Gasteiger partial charge in [0.05, 0.1) is 5.56 Å². The summed E-state index contributed by atoms with van der Waals surface area (Å²) < 4.78 is 5.73. The molecule has 0 saturated carbocycles. The molecule has 1 atom stereocenters. The van der Waals surface area contributed by atoms with E-state index in [1.54, 1.807) is 6.07 Å². The van der Waals surface area contributed by atoms with Gasteiger partial charge in [-0.2, -0.15) is 0 Å². The maximum absolute atomic E-state index is 11.3.